The second kappa shape index (κ2) is 11.5. The molecular weight excluding hydrogens is 406 g/mol. The Labute approximate surface area is 187 Å². The summed E-state index contributed by atoms with van der Waals surface area (Å²) in [4.78, 5) is 36.2. The number of benzene rings is 3. The number of esters is 2. The smallest absolute Gasteiger partial charge is 0.397 e. The molecule has 0 aliphatic carbocycles. The lowest BCUT2D eigenvalue weighted by molar-refractivity contribution is -0.158. The predicted octanol–water partition coefficient (Wildman–Crippen LogP) is 3.83. The minimum absolute atomic E-state index is 0.139. The van der Waals surface area contributed by atoms with E-state index in [0.717, 1.165) is 16.7 Å². The molecule has 0 bridgehead atoms. The van der Waals surface area contributed by atoms with Gasteiger partial charge in [0.05, 0.1) is 5.56 Å². The van der Waals surface area contributed by atoms with Crippen LogP contribution in [0.15, 0.2) is 84.9 Å². The molecule has 32 heavy (non-hydrogen) atoms. The first-order valence-electron chi connectivity index (χ1n) is 10.3. The third-order valence-corrected chi connectivity index (χ3v) is 4.72. The van der Waals surface area contributed by atoms with E-state index >= 15 is 0 Å². The SMILES string of the molecule is CC(Cc1ccccc1)OC(=O)C(=O)NCc1ccc(C(=O)OCc2ccccc2)cc1. The monoisotopic (exact) mass is 431 g/mol. The molecule has 0 saturated carbocycles. The van der Waals surface area contributed by atoms with Crippen LogP contribution in [-0.4, -0.2) is 23.9 Å². The lowest BCUT2D eigenvalue weighted by atomic mass is 10.1. The summed E-state index contributed by atoms with van der Waals surface area (Å²) >= 11 is 0. The Balaban J connectivity index is 1.42. The molecule has 1 N–H and O–H groups in total. The molecule has 1 atom stereocenters. The van der Waals surface area contributed by atoms with E-state index in [4.69, 9.17) is 9.47 Å². The molecule has 0 heterocycles. The van der Waals surface area contributed by atoms with Gasteiger partial charge in [-0.2, -0.15) is 0 Å². The fraction of sp³-hybridized carbons (Fsp3) is 0.192. The van der Waals surface area contributed by atoms with Crippen molar-refractivity contribution in [2.75, 3.05) is 0 Å². The topological polar surface area (TPSA) is 81.7 Å². The van der Waals surface area contributed by atoms with Gasteiger partial charge in [0.2, 0.25) is 0 Å². The number of amides is 1. The highest BCUT2D eigenvalue weighted by Crippen LogP contribution is 2.09. The van der Waals surface area contributed by atoms with Crippen LogP contribution in [0, 0.1) is 0 Å². The zero-order valence-electron chi connectivity index (χ0n) is 17.8. The van der Waals surface area contributed by atoms with Gasteiger partial charge in [-0.3, -0.25) is 4.79 Å². The maximum absolute atomic E-state index is 12.2. The fourth-order valence-electron chi connectivity index (χ4n) is 3.04. The lowest BCUT2D eigenvalue weighted by Crippen LogP contribution is -2.34. The molecule has 3 aromatic carbocycles. The number of carbonyl (C=O) groups excluding carboxylic acids is 3. The summed E-state index contributed by atoms with van der Waals surface area (Å²) in [6.45, 7) is 2.08. The number of hydrogen-bond donors (Lipinski definition) is 1. The Hall–Kier alpha value is -3.93. The van der Waals surface area contributed by atoms with Crippen molar-refractivity contribution >= 4 is 17.8 Å². The van der Waals surface area contributed by atoms with Gasteiger partial charge in [0.25, 0.3) is 0 Å². The van der Waals surface area contributed by atoms with E-state index < -0.39 is 23.9 Å². The van der Waals surface area contributed by atoms with Crippen molar-refractivity contribution in [2.24, 2.45) is 0 Å². The van der Waals surface area contributed by atoms with Gasteiger partial charge in [0, 0.05) is 13.0 Å². The van der Waals surface area contributed by atoms with Gasteiger partial charge >= 0.3 is 17.8 Å². The summed E-state index contributed by atoms with van der Waals surface area (Å²) in [5.74, 6) is -2.16. The summed E-state index contributed by atoms with van der Waals surface area (Å²) in [7, 11) is 0. The molecular formula is C26H25NO5. The molecule has 0 fully saturated rings. The minimum Gasteiger partial charge on any atom is -0.457 e. The van der Waals surface area contributed by atoms with E-state index in [0.29, 0.717) is 12.0 Å². The number of carbonyl (C=O) groups is 3. The van der Waals surface area contributed by atoms with Crippen LogP contribution >= 0.6 is 0 Å². The first-order chi connectivity index (χ1) is 15.5. The maximum Gasteiger partial charge on any atom is 0.397 e. The third-order valence-electron chi connectivity index (χ3n) is 4.72. The van der Waals surface area contributed by atoms with Crippen LogP contribution in [0.25, 0.3) is 0 Å². The quantitative estimate of drug-likeness (QED) is 0.433. The zero-order valence-corrected chi connectivity index (χ0v) is 17.8. The highest BCUT2D eigenvalue weighted by atomic mass is 16.5. The third kappa shape index (κ3) is 7.09. The van der Waals surface area contributed by atoms with Crippen LogP contribution in [0.2, 0.25) is 0 Å². The summed E-state index contributed by atoms with van der Waals surface area (Å²) in [5.41, 5.74) is 3.08. The largest absolute Gasteiger partial charge is 0.457 e. The predicted molar refractivity (Wildman–Crippen MR) is 120 cm³/mol. The number of nitrogens with one attached hydrogen (secondary N) is 1. The van der Waals surface area contributed by atoms with Crippen LogP contribution in [0.4, 0.5) is 0 Å². The van der Waals surface area contributed by atoms with E-state index in [1.54, 1.807) is 31.2 Å². The van der Waals surface area contributed by atoms with E-state index in [9.17, 15) is 14.4 Å². The molecule has 0 aromatic heterocycles. The van der Waals surface area contributed by atoms with Crippen molar-refractivity contribution in [3.63, 3.8) is 0 Å². The number of hydrogen-bond acceptors (Lipinski definition) is 5. The molecule has 0 aliphatic heterocycles. The fourth-order valence-corrected chi connectivity index (χ4v) is 3.04. The molecule has 164 valence electrons. The average molecular weight is 431 g/mol. The van der Waals surface area contributed by atoms with E-state index in [1.165, 1.54) is 0 Å². The summed E-state index contributed by atoms with van der Waals surface area (Å²) < 4.78 is 10.5. The molecule has 1 amide bonds. The zero-order chi connectivity index (χ0) is 22.8. The average Bonchev–Trinajstić information content (AvgIpc) is 2.82. The van der Waals surface area contributed by atoms with E-state index in [-0.39, 0.29) is 13.2 Å². The van der Waals surface area contributed by atoms with Crippen LogP contribution < -0.4 is 5.32 Å². The van der Waals surface area contributed by atoms with Crippen LogP contribution in [0.1, 0.15) is 34.0 Å². The van der Waals surface area contributed by atoms with Crippen molar-refractivity contribution in [2.45, 2.75) is 32.6 Å². The first-order valence-corrected chi connectivity index (χ1v) is 10.3. The Morgan fingerprint density at radius 3 is 2.00 bits per heavy atom. The van der Waals surface area contributed by atoms with Crippen molar-refractivity contribution in [3.8, 4) is 0 Å². The van der Waals surface area contributed by atoms with Gasteiger partial charge in [-0.05, 0) is 35.7 Å². The molecule has 6 heteroatoms. The molecule has 0 saturated heterocycles. The van der Waals surface area contributed by atoms with Gasteiger partial charge in [-0.15, -0.1) is 0 Å². The van der Waals surface area contributed by atoms with Crippen LogP contribution in [-0.2, 0) is 38.6 Å². The van der Waals surface area contributed by atoms with E-state index in [2.05, 4.69) is 5.32 Å². The Bertz CT molecular complexity index is 1030. The van der Waals surface area contributed by atoms with Crippen LogP contribution in [0.5, 0.6) is 0 Å². The number of ether oxygens (including phenoxy) is 2. The standard InChI is InChI=1S/C26H25NO5/c1-19(16-20-8-4-2-5-9-20)32-26(30)24(28)27-17-21-12-14-23(15-13-21)25(29)31-18-22-10-6-3-7-11-22/h2-15,19H,16-18H2,1H3,(H,27,28). The normalized spacial score (nSPS) is 11.3. The van der Waals surface area contributed by atoms with Gasteiger partial charge in [0.1, 0.15) is 12.7 Å². The summed E-state index contributed by atoms with van der Waals surface area (Å²) in [5, 5.41) is 2.53. The van der Waals surface area contributed by atoms with Crippen molar-refractivity contribution in [3.05, 3.63) is 107 Å². The molecule has 6 nitrogen and oxygen atoms in total. The Morgan fingerprint density at radius 2 is 1.38 bits per heavy atom. The summed E-state index contributed by atoms with van der Waals surface area (Å²) in [6.07, 6.45) is 0.110. The van der Waals surface area contributed by atoms with Crippen molar-refractivity contribution in [1.29, 1.82) is 0 Å². The van der Waals surface area contributed by atoms with Gasteiger partial charge in [-0.25, -0.2) is 9.59 Å². The Morgan fingerprint density at radius 1 is 0.781 bits per heavy atom. The van der Waals surface area contributed by atoms with Gasteiger partial charge in [-0.1, -0.05) is 72.8 Å². The van der Waals surface area contributed by atoms with Gasteiger partial charge < -0.3 is 14.8 Å². The van der Waals surface area contributed by atoms with Gasteiger partial charge in [0.15, 0.2) is 0 Å². The first kappa shape index (κ1) is 22.7. The molecule has 3 aromatic rings. The minimum atomic E-state index is -0.922. The molecule has 3 rings (SSSR count). The number of rotatable bonds is 8. The maximum atomic E-state index is 12.2. The molecule has 0 spiro atoms. The summed E-state index contributed by atoms with van der Waals surface area (Å²) in [6, 6.07) is 25.7. The second-order valence-corrected chi connectivity index (χ2v) is 7.35. The van der Waals surface area contributed by atoms with Crippen LogP contribution in [0.3, 0.4) is 0 Å². The molecule has 0 aliphatic rings. The highest BCUT2D eigenvalue weighted by molar-refractivity contribution is 6.32. The second-order valence-electron chi connectivity index (χ2n) is 7.35. The molecule has 0 radical (unpaired) electrons. The van der Waals surface area contributed by atoms with Crippen molar-refractivity contribution < 1.29 is 23.9 Å². The van der Waals surface area contributed by atoms with Crippen molar-refractivity contribution in [1.82, 2.24) is 5.32 Å². The highest BCUT2D eigenvalue weighted by Gasteiger charge is 2.18. The lowest BCUT2D eigenvalue weighted by Gasteiger charge is -2.13. The van der Waals surface area contributed by atoms with E-state index in [1.807, 2.05) is 60.7 Å². The molecule has 1 unspecified atom stereocenters. The Kier molecular flexibility index (Phi) is 8.15.